The number of fused-ring (bicyclic) bond motifs is 1. The maximum Gasteiger partial charge on any atom is 0.224 e. The van der Waals surface area contributed by atoms with Gasteiger partial charge in [0.1, 0.15) is 13.0 Å². The van der Waals surface area contributed by atoms with E-state index in [2.05, 4.69) is 10.3 Å². The Morgan fingerprint density at radius 3 is 2.45 bits per heavy atom. The zero-order valence-electron chi connectivity index (χ0n) is 18.0. The molecule has 162 valence electrons. The number of halogens is 1. The number of benzene rings is 2. The third-order valence-electron chi connectivity index (χ3n) is 6.27. The average molecular weight is 438 g/mol. The highest BCUT2D eigenvalue weighted by molar-refractivity contribution is 7.70. The minimum Gasteiger partial charge on any atom is -0.326 e. The van der Waals surface area contributed by atoms with Crippen LogP contribution < -0.4 is 10.6 Å². The Bertz CT molecular complexity index is 1130. The van der Waals surface area contributed by atoms with E-state index in [4.69, 9.17) is 0 Å². The van der Waals surface area contributed by atoms with Crippen LogP contribution in [-0.2, 0) is 9.36 Å². The minimum absolute atomic E-state index is 0.0174. The smallest absolute Gasteiger partial charge is 0.224 e. The van der Waals surface area contributed by atoms with Crippen LogP contribution in [0.4, 0.5) is 10.1 Å². The molecule has 0 saturated heterocycles. The zero-order valence-corrected chi connectivity index (χ0v) is 18.9. The summed E-state index contributed by atoms with van der Waals surface area (Å²) in [6, 6.07) is 14.1. The first-order valence-corrected chi connectivity index (χ1v) is 13.4. The number of nitrogens with zero attached hydrogens (tertiary/aromatic N) is 1. The second kappa shape index (κ2) is 8.92. The van der Waals surface area contributed by atoms with Crippen LogP contribution in [0.15, 0.2) is 54.7 Å². The van der Waals surface area contributed by atoms with E-state index in [1.807, 2.05) is 30.3 Å². The topological polar surface area (TPSA) is 59.1 Å². The van der Waals surface area contributed by atoms with Crippen molar-refractivity contribution in [1.29, 1.82) is 0 Å². The summed E-state index contributed by atoms with van der Waals surface area (Å²) >= 11 is 0. The Morgan fingerprint density at radius 2 is 1.77 bits per heavy atom. The molecule has 1 aromatic heterocycles. The third-order valence-corrected chi connectivity index (χ3v) is 7.81. The molecule has 31 heavy (non-hydrogen) atoms. The van der Waals surface area contributed by atoms with Crippen molar-refractivity contribution >= 4 is 34.9 Å². The Kier molecular flexibility index (Phi) is 6.24. The van der Waals surface area contributed by atoms with E-state index in [1.54, 1.807) is 31.7 Å². The zero-order chi connectivity index (χ0) is 22.0. The second-order valence-corrected chi connectivity index (χ2v) is 12.1. The third kappa shape index (κ3) is 5.22. The molecule has 1 fully saturated rings. The van der Waals surface area contributed by atoms with Crippen LogP contribution in [0.3, 0.4) is 0 Å². The van der Waals surface area contributed by atoms with Crippen molar-refractivity contribution in [2.45, 2.75) is 38.0 Å². The Morgan fingerprint density at radius 1 is 1.06 bits per heavy atom. The highest BCUT2D eigenvalue weighted by Gasteiger charge is 2.25. The average Bonchev–Trinajstić information content (AvgIpc) is 2.73. The van der Waals surface area contributed by atoms with Crippen molar-refractivity contribution in [2.24, 2.45) is 5.92 Å². The number of hydrogen-bond donors (Lipinski definition) is 1. The fourth-order valence-corrected chi connectivity index (χ4v) is 5.42. The number of nitrogens with one attached hydrogen (secondary N) is 1. The van der Waals surface area contributed by atoms with Crippen molar-refractivity contribution in [3.05, 3.63) is 66.1 Å². The molecule has 1 heterocycles. The Balaban J connectivity index is 1.34. The van der Waals surface area contributed by atoms with Crippen molar-refractivity contribution in [3.63, 3.8) is 0 Å². The summed E-state index contributed by atoms with van der Waals surface area (Å²) in [6.07, 6.45) is 6.24. The lowest BCUT2D eigenvalue weighted by molar-refractivity contribution is -0.117. The van der Waals surface area contributed by atoms with Gasteiger partial charge in [-0.15, -0.1) is 0 Å². The van der Waals surface area contributed by atoms with Gasteiger partial charge >= 0.3 is 0 Å². The van der Waals surface area contributed by atoms with Gasteiger partial charge in [-0.25, -0.2) is 4.39 Å². The predicted octanol–water partition coefficient (Wildman–Crippen LogP) is 5.92. The van der Waals surface area contributed by atoms with E-state index >= 15 is 0 Å². The summed E-state index contributed by atoms with van der Waals surface area (Å²) in [4.78, 5) is 16.9. The van der Waals surface area contributed by atoms with Crippen LogP contribution in [0.25, 0.3) is 10.9 Å². The number of carbonyl (C=O) groups excluding carboxylic acids is 1. The number of aromatic nitrogens is 1. The molecule has 0 aliphatic heterocycles. The molecule has 1 amide bonds. The van der Waals surface area contributed by atoms with Crippen LogP contribution in [0.1, 0.15) is 43.6 Å². The fourth-order valence-electron chi connectivity index (χ4n) is 4.55. The lowest BCUT2D eigenvalue weighted by atomic mass is 9.77. The molecule has 2 aromatic carbocycles. The quantitative estimate of drug-likeness (QED) is 0.503. The number of amides is 1. The summed E-state index contributed by atoms with van der Waals surface area (Å²) in [5.74, 6) is 0.509. The maximum absolute atomic E-state index is 13.8. The van der Waals surface area contributed by atoms with E-state index in [9.17, 15) is 13.8 Å². The van der Waals surface area contributed by atoms with Crippen molar-refractivity contribution in [2.75, 3.05) is 18.6 Å². The molecule has 4 rings (SSSR count). The van der Waals surface area contributed by atoms with Gasteiger partial charge in [0.2, 0.25) is 5.91 Å². The van der Waals surface area contributed by atoms with Gasteiger partial charge in [0.15, 0.2) is 0 Å². The molecular formula is C25H28FN2O2P. The second-order valence-electron chi connectivity index (χ2n) is 8.93. The molecule has 0 spiro atoms. The standard InChI is InChI=1S/C25H28FN2O2P/c1-31(2,30)21-10-8-20(9-11-21)28-25(29)15-17-3-5-18(6-4-17)22-13-14-27-24-12-7-19(26)16-23(22)24/h7-14,16-18H,3-6,15H2,1-2H3,(H,28,29)/t17-,18-. The molecule has 0 unspecified atom stereocenters. The predicted molar refractivity (Wildman–Crippen MR) is 125 cm³/mol. The lowest BCUT2D eigenvalue weighted by Crippen LogP contribution is -2.21. The van der Waals surface area contributed by atoms with Gasteiger partial charge in [-0.3, -0.25) is 9.78 Å². The number of rotatable bonds is 5. The van der Waals surface area contributed by atoms with Crippen molar-refractivity contribution in [3.8, 4) is 0 Å². The SMILES string of the molecule is CP(C)(=O)c1ccc(NC(=O)C[C@H]2CC[C@H](c3ccnc4ccc(F)cc43)CC2)cc1. The van der Waals surface area contributed by atoms with E-state index in [0.717, 1.165) is 53.1 Å². The van der Waals surface area contributed by atoms with Crippen LogP contribution in [-0.4, -0.2) is 24.2 Å². The molecule has 0 radical (unpaired) electrons. The molecule has 0 atom stereocenters. The van der Waals surface area contributed by atoms with Crippen LogP contribution in [0.5, 0.6) is 0 Å². The molecule has 0 bridgehead atoms. The highest BCUT2D eigenvalue weighted by Crippen LogP contribution is 2.39. The Labute approximate surface area is 182 Å². The Hall–Kier alpha value is -2.52. The molecule has 1 saturated carbocycles. The van der Waals surface area contributed by atoms with E-state index in [0.29, 0.717) is 18.3 Å². The first-order chi connectivity index (χ1) is 14.8. The molecular weight excluding hydrogens is 410 g/mol. The molecule has 1 aliphatic rings. The van der Waals surface area contributed by atoms with Crippen molar-refractivity contribution in [1.82, 2.24) is 4.98 Å². The van der Waals surface area contributed by atoms with Crippen LogP contribution in [0.2, 0.25) is 0 Å². The van der Waals surface area contributed by atoms with Gasteiger partial charge in [0, 0.05) is 29.0 Å². The summed E-state index contributed by atoms with van der Waals surface area (Å²) < 4.78 is 25.9. The first-order valence-electron chi connectivity index (χ1n) is 10.8. The molecule has 1 N–H and O–H groups in total. The van der Waals surface area contributed by atoms with Gasteiger partial charge < -0.3 is 9.88 Å². The van der Waals surface area contributed by atoms with Gasteiger partial charge in [0.25, 0.3) is 0 Å². The normalized spacial score (nSPS) is 19.3. The largest absolute Gasteiger partial charge is 0.326 e. The molecule has 1 aliphatic carbocycles. The van der Waals surface area contributed by atoms with E-state index in [-0.39, 0.29) is 11.7 Å². The number of carbonyl (C=O) groups is 1. The van der Waals surface area contributed by atoms with E-state index in [1.165, 1.54) is 6.07 Å². The lowest BCUT2D eigenvalue weighted by Gasteiger charge is -2.29. The summed E-state index contributed by atoms with van der Waals surface area (Å²) in [6.45, 7) is 3.48. The van der Waals surface area contributed by atoms with Crippen LogP contribution in [0, 0.1) is 11.7 Å². The molecule has 3 aromatic rings. The van der Waals surface area contributed by atoms with Crippen LogP contribution >= 0.6 is 7.14 Å². The van der Waals surface area contributed by atoms with Gasteiger partial charge in [0.05, 0.1) is 5.52 Å². The minimum atomic E-state index is -2.29. The fraction of sp³-hybridized carbons (Fsp3) is 0.360. The molecule has 4 nitrogen and oxygen atoms in total. The number of hydrogen-bond acceptors (Lipinski definition) is 3. The van der Waals surface area contributed by atoms with Gasteiger partial charge in [-0.05, 0) is 105 Å². The van der Waals surface area contributed by atoms with Crippen molar-refractivity contribution < 1.29 is 13.8 Å². The number of pyridine rings is 1. The molecule has 6 heteroatoms. The van der Waals surface area contributed by atoms with E-state index < -0.39 is 7.14 Å². The van der Waals surface area contributed by atoms with Gasteiger partial charge in [-0.1, -0.05) is 0 Å². The first kappa shape index (κ1) is 21.7. The number of anilines is 1. The maximum atomic E-state index is 13.8. The summed E-state index contributed by atoms with van der Waals surface area (Å²) in [5, 5.41) is 4.67. The monoisotopic (exact) mass is 438 g/mol. The van der Waals surface area contributed by atoms with Gasteiger partial charge in [-0.2, -0.15) is 0 Å². The highest BCUT2D eigenvalue weighted by atomic mass is 31.2. The summed E-state index contributed by atoms with van der Waals surface area (Å²) in [7, 11) is -2.29. The summed E-state index contributed by atoms with van der Waals surface area (Å²) in [5.41, 5.74) is 2.73.